The summed E-state index contributed by atoms with van der Waals surface area (Å²) in [5.41, 5.74) is 7.93. The van der Waals surface area contributed by atoms with Gasteiger partial charge in [0.1, 0.15) is 0 Å². The average Bonchev–Trinajstić information content (AvgIpc) is 2.18. The summed E-state index contributed by atoms with van der Waals surface area (Å²) in [5.74, 6) is 3.59. The number of hydrogen-bond acceptors (Lipinski definition) is 3. The zero-order valence-electron chi connectivity index (χ0n) is 8.75. The number of aryl methyl sites for hydroxylation is 1. The Labute approximate surface area is 94.8 Å². The lowest BCUT2D eigenvalue weighted by Gasteiger charge is -2.05. The Morgan fingerprint density at radius 2 is 2.07 bits per heavy atom. The van der Waals surface area contributed by atoms with E-state index >= 15 is 0 Å². The van der Waals surface area contributed by atoms with E-state index < -0.39 is 0 Å². The van der Waals surface area contributed by atoms with Crippen molar-refractivity contribution in [1.82, 2.24) is 0 Å². The second-order valence-corrected chi connectivity index (χ2v) is 5.60. The Hall–Kier alpha value is -0.280. The van der Waals surface area contributed by atoms with E-state index in [1.54, 1.807) is 0 Å². The molecule has 78 valence electrons. The lowest BCUT2D eigenvalue weighted by Crippen LogP contribution is -1.89. The summed E-state index contributed by atoms with van der Waals surface area (Å²) in [7, 11) is 0. The third-order valence-electron chi connectivity index (χ3n) is 1.90. The third kappa shape index (κ3) is 3.84. The first kappa shape index (κ1) is 11.8. The standard InChI is InChI=1S/C11H17NS2/c1-3-13-6-7-14-11-8-10(12)5-4-9(11)2/h4-5,8H,3,6-7,12H2,1-2H3. The maximum atomic E-state index is 5.74. The maximum Gasteiger partial charge on any atom is 0.0325 e. The highest BCUT2D eigenvalue weighted by Gasteiger charge is 1.99. The second kappa shape index (κ2) is 6.25. The van der Waals surface area contributed by atoms with Gasteiger partial charge in [0.05, 0.1) is 0 Å². The number of benzene rings is 1. The van der Waals surface area contributed by atoms with Crippen LogP contribution in [0.15, 0.2) is 23.1 Å². The fourth-order valence-electron chi connectivity index (χ4n) is 1.13. The molecule has 0 aliphatic carbocycles. The Morgan fingerprint density at radius 1 is 1.29 bits per heavy atom. The summed E-state index contributed by atoms with van der Waals surface area (Å²) < 4.78 is 0. The lowest BCUT2D eigenvalue weighted by atomic mass is 10.2. The lowest BCUT2D eigenvalue weighted by molar-refractivity contribution is 1.30. The Bertz CT molecular complexity index is 287. The summed E-state index contributed by atoms with van der Waals surface area (Å²) in [5, 5.41) is 0. The van der Waals surface area contributed by atoms with Crippen molar-refractivity contribution in [2.75, 3.05) is 23.0 Å². The second-order valence-electron chi connectivity index (χ2n) is 3.07. The number of rotatable bonds is 5. The van der Waals surface area contributed by atoms with Crippen LogP contribution in [0.2, 0.25) is 0 Å². The predicted molar refractivity (Wildman–Crippen MR) is 69.3 cm³/mol. The van der Waals surface area contributed by atoms with Crippen LogP contribution in [0.5, 0.6) is 0 Å². The molecule has 0 fully saturated rings. The first-order valence-corrected chi connectivity index (χ1v) is 6.94. The van der Waals surface area contributed by atoms with Crippen LogP contribution in [-0.2, 0) is 0 Å². The minimum atomic E-state index is 0.862. The van der Waals surface area contributed by atoms with Gasteiger partial charge in [0.15, 0.2) is 0 Å². The van der Waals surface area contributed by atoms with E-state index in [9.17, 15) is 0 Å². The summed E-state index contributed by atoms with van der Waals surface area (Å²) >= 11 is 3.89. The van der Waals surface area contributed by atoms with E-state index in [1.807, 2.05) is 29.6 Å². The molecule has 0 saturated carbocycles. The van der Waals surface area contributed by atoms with Gasteiger partial charge in [-0.3, -0.25) is 0 Å². The fraction of sp³-hybridized carbons (Fsp3) is 0.455. The van der Waals surface area contributed by atoms with Crippen molar-refractivity contribution in [3.8, 4) is 0 Å². The van der Waals surface area contributed by atoms with Crippen molar-refractivity contribution in [2.24, 2.45) is 0 Å². The fourth-order valence-corrected chi connectivity index (χ4v) is 2.96. The van der Waals surface area contributed by atoms with E-state index in [1.165, 1.54) is 27.7 Å². The van der Waals surface area contributed by atoms with Gasteiger partial charge in [0.25, 0.3) is 0 Å². The molecule has 0 radical (unpaired) electrons. The Balaban J connectivity index is 2.45. The molecule has 0 saturated heterocycles. The van der Waals surface area contributed by atoms with Gasteiger partial charge in [-0.15, -0.1) is 11.8 Å². The highest BCUT2D eigenvalue weighted by molar-refractivity contribution is 8.02. The van der Waals surface area contributed by atoms with E-state index in [0.717, 1.165) is 5.69 Å². The van der Waals surface area contributed by atoms with Gasteiger partial charge in [0, 0.05) is 22.1 Å². The number of hydrogen-bond donors (Lipinski definition) is 1. The molecule has 1 nitrogen and oxygen atoms in total. The number of thioether (sulfide) groups is 2. The molecule has 0 bridgehead atoms. The van der Waals surface area contributed by atoms with Crippen molar-refractivity contribution in [2.45, 2.75) is 18.7 Å². The highest BCUT2D eigenvalue weighted by Crippen LogP contribution is 2.25. The van der Waals surface area contributed by atoms with Crippen LogP contribution in [-0.4, -0.2) is 17.3 Å². The van der Waals surface area contributed by atoms with Crippen LogP contribution in [0.25, 0.3) is 0 Å². The van der Waals surface area contributed by atoms with E-state index in [0.29, 0.717) is 0 Å². The molecule has 1 aromatic carbocycles. The third-order valence-corrected chi connectivity index (χ3v) is 4.22. The van der Waals surface area contributed by atoms with Crippen LogP contribution >= 0.6 is 23.5 Å². The van der Waals surface area contributed by atoms with Gasteiger partial charge in [-0.05, 0) is 30.4 Å². The smallest absolute Gasteiger partial charge is 0.0325 e. The van der Waals surface area contributed by atoms with Crippen LogP contribution in [0, 0.1) is 6.92 Å². The van der Waals surface area contributed by atoms with Crippen molar-refractivity contribution in [3.63, 3.8) is 0 Å². The molecule has 0 spiro atoms. The van der Waals surface area contributed by atoms with Gasteiger partial charge in [-0.1, -0.05) is 13.0 Å². The van der Waals surface area contributed by atoms with Crippen molar-refractivity contribution < 1.29 is 0 Å². The average molecular weight is 227 g/mol. The Morgan fingerprint density at radius 3 is 2.79 bits per heavy atom. The molecule has 0 aliphatic heterocycles. The molecular weight excluding hydrogens is 210 g/mol. The van der Waals surface area contributed by atoms with Gasteiger partial charge >= 0.3 is 0 Å². The zero-order valence-corrected chi connectivity index (χ0v) is 10.4. The molecule has 3 heteroatoms. The molecule has 0 heterocycles. The van der Waals surface area contributed by atoms with Crippen LogP contribution in [0.3, 0.4) is 0 Å². The Kier molecular flexibility index (Phi) is 5.26. The topological polar surface area (TPSA) is 26.0 Å². The van der Waals surface area contributed by atoms with Crippen molar-refractivity contribution in [3.05, 3.63) is 23.8 Å². The monoisotopic (exact) mass is 227 g/mol. The number of nitrogens with two attached hydrogens (primary N) is 1. The van der Waals surface area contributed by atoms with Crippen LogP contribution in [0.1, 0.15) is 12.5 Å². The molecule has 2 N–H and O–H groups in total. The molecular formula is C11H17NS2. The molecule has 0 atom stereocenters. The quantitative estimate of drug-likeness (QED) is 0.474. The van der Waals surface area contributed by atoms with Gasteiger partial charge < -0.3 is 5.73 Å². The zero-order chi connectivity index (χ0) is 10.4. The van der Waals surface area contributed by atoms with E-state index in [4.69, 9.17) is 5.73 Å². The van der Waals surface area contributed by atoms with Crippen molar-refractivity contribution >= 4 is 29.2 Å². The molecule has 0 aromatic heterocycles. The molecule has 0 amide bonds. The van der Waals surface area contributed by atoms with E-state index in [2.05, 4.69) is 26.0 Å². The largest absolute Gasteiger partial charge is 0.399 e. The first-order valence-electron chi connectivity index (χ1n) is 4.80. The molecule has 1 rings (SSSR count). The van der Waals surface area contributed by atoms with Crippen LogP contribution < -0.4 is 5.73 Å². The van der Waals surface area contributed by atoms with E-state index in [-0.39, 0.29) is 0 Å². The van der Waals surface area contributed by atoms with Crippen molar-refractivity contribution in [1.29, 1.82) is 0 Å². The molecule has 14 heavy (non-hydrogen) atoms. The first-order chi connectivity index (χ1) is 6.74. The van der Waals surface area contributed by atoms with Gasteiger partial charge in [-0.2, -0.15) is 11.8 Å². The maximum absolute atomic E-state index is 5.74. The normalized spacial score (nSPS) is 10.4. The molecule has 0 aliphatic rings. The summed E-state index contributed by atoms with van der Waals surface area (Å²) in [6, 6.07) is 6.11. The molecule has 1 aromatic rings. The molecule has 0 unspecified atom stereocenters. The number of nitrogen functional groups attached to an aromatic ring is 1. The van der Waals surface area contributed by atoms with Gasteiger partial charge in [-0.25, -0.2) is 0 Å². The van der Waals surface area contributed by atoms with Crippen LogP contribution in [0.4, 0.5) is 5.69 Å². The minimum absolute atomic E-state index is 0.862. The highest BCUT2D eigenvalue weighted by atomic mass is 32.2. The summed E-state index contributed by atoms with van der Waals surface area (Å²) in [4.78, 5) is 1.32. The van der Waals surface area contributed by atoms with Gasteiger partial charge in [0.2, 0.25) is 0 Å². The number of anilines is 1. The predicted octanol–water partition coefficient (Wildman–Crippen LogP) is 3.42. The summed E-state index contributed by atoms with van der Waals surface area (Å²) in [6.45, 7) is 4.33. The summed E-state index contributed by atoms with van der Waals surface area (Å²) in [6.07, 6.45) is 0. The SMILES string of the molecule is CCSCCSc1cc(N)ccc1C. The minimum Gasteiger partial charge on any atom is -0.399 e.